The normalized spacial score (nSPS) is 10.9. The molecule has 0 radical (unpaired) electrons. The highest BCUT2D eigenvalue weighted by Gasteiger charge is 2.16. The molecule has 0 aliphatic carbocycles. The van der Waals surface area contributed by atoms with E-state index in [0.29, 0.717) is 63.6 Å². The number of carbonyl (C=O) groups is 1. The average Bonchev–Trinajstić information content (AvgIpc) is 3.01. The fourth-order valence-corrected chi connectivity index (χ4v) is 4.74. The molecule has 0 saturated heterocycles. The summed E-state index contributed by atoms with van der Waals surface area (Å²) < 4.78 is 24.5. The van der Waals surface area contributed by atoms with Crippen LogP contribution in [0, 0.1) is 11.3 Å². The van der Waals surface area contributed by atoms with Crippen LogP contribution in [0.2, 0.25) is 5.02 Å². The Labute approximate surface area is 264 Å². The number of rotatable bonds is 13. The van der Waals surface area contributed by atoms with E-state index in [4.69, 9.17) is 30.5 Å². The van der Waals surface area contributed by atoms with E-state index in [1.54, 1.807) is 36.4 Å². The Morgan fingerprint density at radius 2 is 1.53 bits per heavy atom. The predicted octanol–water partition coefficient (Wildman–Crippen LogP) is 8.60. The van der Waals surface area contributed by atoms with Crippen molar-refractivity contribution in [1.29, 1.82) is 5.26 Å². The quantitative estimate of drug-likeness (QED) is 0.114. The SMILES string of the molecule is CCOc1cc(COc2c(Br)cc(/C=C(/C#N)C(=O)Nc3ccc(Cl)cc3)cc2OCC)ccc1OCc1ccccc1. The Hall–Kier alpha value is -4.45. The largest absolute Gasteiger partial charge is 0.490 e. The van der Waals surface area contributed by atoms with Crippen LogP contribution in [0.1, 0.15) is 30.5 Å². The number of nitrogens with one attached hydrogen (secondary N) is 1. The van der Waals surface area contributed by atoms with Crippen LogP contribution in [0.15, 0.2) is 95.0 Å². The number of nitrogens with zero attached hydrogens (tertiary/aromatic N) is 1. The van der Waals surface area contributed by atoms with Gasteiger partial charge in [-0.2, -0.15) is 5.26 Å². The van der Waals surface area contributed by atoms with Crippen molar-refractivity contribution in [2.24, 2.45) is 0 Å². The fraction of sp³-hybridized carbons (Fsp3) is 0.176. The lowest BCUT2D eigenvalue weighted by molar-refractivity contribution is -0.112. The molecule has 0 unspecified atom stereocenters. The molecule has 1 N–H and O–H groups in total. The third kappa shape index (κ3) is 9.02. The molecule has 4 aromatic rings. The van der Waals surface area contributed by atoms with Crippen molar-refractivity contribution in [1.82, 2.24) is 0 Å². The van der Waals surface area contributed by atoms with E-state index in [1.165, 1.54) is 6.08 Å². The first kappa shape index (κ1) is 31.5. The van der Waals surface area contributed by atoms with Crippen LogP contribution in [-0.4, -0.2) is 19.1 Å². The minimum absolute atomic E-state index is 0.0732. The van der Waals surface area contributed by atoms with Gasteiger partial charge < -0.3 is 24.3 Å². The molecule has 0 atom stereocenters. The molecule has 0 aliphatic heterocycles. The third-order valence-electron chi connectivity index (χ3n) is 6.04. The van der Waals surface area contributed by atoms with Gasteiger partial charge in [-0.1, -0.05) is 48.0 Å². The van der Waals surface area contributed by atoms with Crippen LogP contribution in [0.25, 0.3) is 6.08 Å². The molecule has 4 rings (SSSR count). The number of nitriles is 1. The van der Waals surface area contributed by atoms with Crippen molar-refractivity contribution in [2.75, 3.05) is 18.5 Å². The minimum atomic E-state index is -0.541. The van der Waals surface area contributed by atoms with E-state index >= 15 is 0 Å². The second-order valence-electron chi connectivity index (χ2n) is 9.17. The summed E-state index contributed by atoms with van der Waals surface area (Å²) in [5.41, 5.74) is 2.98. The molecule has 0 saturated carbocycles. The number of hydrogen-bond acceptors (Lipinski definition) is 6. The molecule has 0 aliphatic rings. The van der Waals surface area contributed by atoms with Crippen molar-refractivity contribution in [3.63, 3.8) is 0 Å². The molecule has 7 nitrogen and oxygen atoms in total. The smallest absolute Gasteiger partial charge is 0.266 e. The van der Waals surface area contributed by atoms with Gasteiger partial charge in [0.25, 0.3) is 5.91 Å². The van der Waals surface area contributed by atoms with Crippen LogP contribution in [0.3, 0.4) is 0 Å². The first-order chi connectivity index (χ1) is 20.9. The van der Waals surface area contributed by atoms with Gasteiger partial charge in [0, 0.05) is 10.7 Å². The summed E-state index contributed by atoms with van der Waals surface area (Å²) in [5.74, 6) is 1.69. The molecule has 0 aromatic heterocycles. The van der Waals surface area contributed by atoms with E-state index in [2.05, 4.69) is 21.2 Å². The Kier molecular flexibility index (Phi) is 11.5. The number of benzene rings is 4. The van der Waals surface area contributed by atoms with Crippen molar-refractivity contribution in [3.8, 4) is 29.1 Å². The van der Waals surface area contributed by atoms with Crippen LogP contribution in [0.5, 0.6) is 23.0 Å². The van der Waals surface area contributed by atoms with Crippen molar-refractivity contribution in [2.45, 2.75) is 27.1 Å². The lowest BCUT2D eigenvalue weighted by Crippen LogP contribution is -2.13. The maximum Gasteiger partial charge on any atom is 0.266 e. The fourth-order valence-electron chi connectivity index (χ4n) is 4.04. The molecule has 4 aromatic carbocycles. The molecule has 1 amide bonds. The molecular formula is C34H30BrClN2O5. The van der Waals surface area contributed by atoms with E-state index in [9.17, 15) is 10.1 Å². The van der Waals surface area contributed by atoms with Gasteiger partial charge in [0.15, 0.2) is 23.0 Å². The Bertz CT molecular complexity index is 1620. The third-order valence-corrected chi connectivity index (χ3v) is 6.88. The molecule has 43 heavy (non-hydrogen) atoms. The number of hydrogen-bond donors (Lipinski definition) is 1. The summed E-state index contributed by atoms with van der Waals surface area (Å²) in [6.45, 7) is 5.33. The van der Waals surface area contributed by atoms with Crippen molar-refractivity contribution >= 4 is 45.2 Å². The highest BCUT2D eigenvalue weighted by Crippen LogP contribution is 2.39. The van der Waals surface area contributed by atoms with Gasteiger partial charge in [-0.05, 0) is 101 Å². The zero-order valence-electron chi connectivity index (χ0n) is 23.7. The molecule has 0 fully saturated rings. The molecular weight excluding hydrogens is 632 g/mol. The maximum absolute atomic E-state index is 12.7. The zero-order valence-corrected chi connectivity index (χ0v) is 26.1. The summed E-state index contributed by atoms with van der Waals surface area (Å²) in [6.07, 6.45) is 1.49. The second kappa shape index (κ2) is 15.7. The van der Waals surface area contributed by atoms with E-state index in [-0.39, 0.29) is 12.2 Å². The molecule has 0 bridgehead atoms. The Balaban J connectivity index is 1.50. The van der Waals surface area contributed by atoms with E-state index < -0.39 is 5.91 Å². The van der Waals surface area contributed by atoms with Crippen LogP contribution >= 0.6 is 27.5 Å². The summed E-state index contributed by atoms with van der Waals surface area (Å²) in [6, 6.07) is 27.7. The van der Waals surface area contributed by atoms with Crippen LogP contribution < -0.4 is 24.3 Å². The Morgan fingerprint density at radius 3 is 2.23 bits per heavy atom. The van der Waals surface area contributed by atoms with Gasteiger partial charge in [-0.25, -0.2) is 0 Å². The highest BCUT2D eigenvalue weighted by atomic mass is 79.9. The van der Waals surface area contributed by atoms with E-state index in [1.807, 2.05) is 68.4 Å². The van der Waals surface area contributed by atoms with Gasteiger partial charge in [0.2, 0.25) is 0 Å². The monoisotopic (exact) mass is 660 g/mol. The Morgan fingerprint density at radius 1 is 0.837 bits per heavy atom. The molecule has 0 heterocycles. The maximum atomic E-state index is 12.7. The summed E-state index contributed by atoms with van der Waals surface area (Å²) in [5, 5.41) is 12.9. The van der Waals surface area contributed by atoms with Crippen molar-refractivity contribution < 1.29 is 23.7 Å². The van der Waals surface area contributed by atoms with Gasteiger partial charge in [-0.3, -0.25) is 4.79 Å². The number of anilines is 1. The summed E-state index contributed by atoms with van der Waals surface area (Å²) in [4.78, 5) is 12.7. The average molecular weight is 662 g/mol. The number of carbonyl (C=O) groups excluding carboxylic acids is 1. The lowest BCUT2D eigenvalue weighted by atomic mass is 10.1. The van der Waals surface area contributed by atoms with Crippen LogP contribution in [0.4, 0.5) is 5.69 Å². The molecule has 0 spiro atoms. The molecule has 9 heteroatoms. The van der Waals surface area contributed by atoms with E-state index in [0.717, 1.165) is 11.1 Å². The highest BCUT2D eigenvalue weighted by molar-refractivity contribution is 9.10. The predicted molar refractivity (Wildman–Crippen MR) is 172 cm³/mol. The second-order valence-corrected chi connectivity index (χ2v) is 10.5. The standard InChI is InChI=1S/C34H30BrClN2O5/c1-3-40-31-18-24(10-15-30(31)42-21-23-8-6-5-7-9-23)22-43-33-29(35)17-25(19-32(33)41-4-2)16-26(20-37)34(39)38-28-13-11-27(36)12-14-28/h5-19H,3-4,21-22H2,1-2H3,(H,38,39)/b26-16-. The number of ether oxygens (including phenoxy) is 4. The van der Waals surface area contributed by atoms with Gasteiger partial charge >= 0.3 is 0 Å². The lowest BCUT2D eigenvalue weighted by Gasteiger charge is -2.16. The topological polar surface area (TPSA) is 89.8 Å². The zero-order chi connectivity index (χ0) is 30.6. The summed E-state index contributed by atoms with van der Waals surface area (Å²) in [7, 11) is 0. The van der Waals surface area contributed by atoms with Crippen molar-refractivity contribution in [3.05, 3.63) is 117 Å². The van der Waals surface area contributed by atoms with Gasteiger partial charge in [0.05, 0.1) is 17.7 Å². The molecule has 220 valence electrons. The number of amides is 1. The minimum Gasteiger partial charge on any atom is -0.490 e. The first-order valence-electron chi connectivity index (χ1n) is 13.6. The van der Waals surface area contributed by atoms with Crippen LogP contribution in [-0.2, 0) is 18.0 Å². The summed E-state index contributed by atoms with van der Waals surface area (Å²) >= 11 is 9.48. The first-order valence-corrected chi connectivity index (χ1v) is 14.8. The van der Waals surface area contributed by atoms with Gasteiger partial charge in [0.1, 0.15) is 24.9 Å². The number of halogens is 2. The van der Waals surface area contributed by atoms with Gasteiger partial charge in [-0.15, -0.1) is 0 Å².